The molecule has 0 aliphatic rings. The second kappa shape index (κ2) is 7.84. The first-order valence-electron chi connectivity index (χ1n) is 5.03. The molecular weight excluding hydrogens is 164 g/mol. The molecule has 0 unspecified atom stereocenters. The van der Waals surface area contributed by atoms with E-state index < -0.39 is 0 Å². The van der Waals surface area contributed by atoms with Crippen LogP contribution in [0, 0.1) is 0 Å². The first kappa shape index (κ1) is 12.2. The minimum Gasteiger partial charge on any atom is -0.466 e. The third kappa shape index (κ3) is 7.57. The van der Waals surface area contributed by atoms with Gasteiger partial charge in [-0.3, -0.25) is 4.79 Å². The third-order valence-corrected chi connectivity index (χ3v) is 1.87. The number of hydrogen-bond acceptors (Lipinski definition) is 2. The first-order chi connectivity index (χ1) is 6.20. The maximum Gasteiger partial charge on any atom is 0.306 e. The van der Waals surface area contributed by atoms with E-state index >= 15 is 0 Å². The molecule has 0 aliphatic heterocycles. The molecule has 0 bridgehead atoms. The summed E-state index contributed by atoms with van der Waals surface area (Å²) in [6.45, 7) is 8.36. The predicted molar refractivity (Wildman–Crippen MR) is 54.5 cm³/mol. The molecule has 0 heterocycles. The molecule has 0 fully saturated rings. The van der Waals surface area contributed by atoms with E-state index in [0.29, 0.717) is 13.0 Å². The van der Waals surface area contributed by atoms with Crippen LogP contribution in [0.5, 0.6) is 0 Å². The van der Waals surface area contributed by atoms with E-state index in [1.54, 1.807) is 0 Å². The number of esters is 1. The zero-order valence-electron chi connectivity index (χ0n) is 8.77. The highest BCUT2D eigenvalue weighted by molar-refractivity contribution is 5.69. The second-order valence-corrected chi connectivity index (χ2v) is 3.16. The summed E-state index contributed by atoms with van der Waals surface area (Å²) in [4.78, 5) is 11.0. The van der Waals surface area contributed by atoms with Crippen LogP contribution in [-0.2, 0) is 9.53 Å². The fourth-order valence-corrected chi connectivity index (χ4v) is 1.06. The Morgan fingerprint density at radius 3 is 2.46 bits per heavy atom. The number of carbonyl (C=O) groups excluding carboxylic acids is 1. The average Bonchev–Trinajstić information content (AvgIpc) is 2.12. The van der Waals surface area contributed by atoms with Crippen molar-refractivity contribution in [2.24, 2.45) is 0 Å². The Balaban J connectivity index is 3.40. The van der Waals surface area contributed by atoms with Gasteiger partial charge in [0.1, 0.15) is 0 Å². The van der Waals surface area contributed by atoms with Crippen molar-refractivity contribution >= 4 is 5.97 Å². The summed E-state index contributed by atoms with van der Waals surface area (Å²) in [5, 5.41) is 0. The Labute approximate surface area is 81.0 Å². The first-order valence-corrected chi connectivity index (χ1v) is 5.03. The number of hydrogen-bond donors (Lipinski definition) is 0. The number of unbranched alkanes of at least 4 members (excludes halogenated alkanes) is 1. The quantitative estimate of drug-likeness (QED) is 0.449. The zero-order valence-corrected chi connectivity index (χ0v) is 8.77. The second-order valence-electron chi connectivity index (χ2n) is 3.16. The molecule has 2 nitrogen and oxygen atoms in total. The van der Waals surface area contributed by atoms with Crippen LogP contribution in [0.4, 0.5) is 0 Å². The monoisotopic (exact) mass is 184 g/mol. The lowest BCUT2D eigenvalue weighted by molar-refractivity contribution is -0.143. The maximum atomic E-state index is 11.0. The summed E-state index contributed by atoms with van der Waals surface area (Å²) in [6.07, 6.45) is 4.64. The van der Waals surface area contributed by atoms with Crippen LogP contribution in [-0.4, -0.2) is 12.6 Å². The van der Waals surface area contributed by atoms with E-state index in [2.05, 4.69) is 13.5 Å². The van der Waals surface area contributed by atoms with Crippen LogP contribution in [0.15, 0.2) is 12.2 Å². The van der Waals surface area contributed by atoms with Gasteiger partial charge in [-0.05, 0) is 26.2 Å². The van der Waals surface area contributed by atoms with Crippen molar-refractivity contribution in [1.82, 2.24) is 0 Å². The zero-order chi connectivity index (χ0) is 10.1. The molecule has 0 saturated carbocycles. The van der Waals surface area contributed by atoms with Gasteiger partial charge < -0.3 is 4.74 Å². The highest BCUT2D eigenvalue weighted by Gasteiger charge is 2.02. The lowest BCUT2D eigenvalue weighted by Crippen LogP contribution is -2.03. The van der Waals surface area contributed by atoms with Crippen molar-refractivity contribution in [3.63, 3.8) is 0 Å². The molecule has 0 atom stereocenters. The Bertz CT molecular complexity index is 161. The molecule has 0 amide bonds. The number of rotatable bonds is 7. The molecule has 2 heteroatoms. The molecule has 76 valence electrons. The van der Waals surface area contributed by atoms with Crippen molar-refractivity contribution in [2.45, 2.75) is 46.0 Å². The van der Waals surface area contributed by atoms with Crippen LogP contribution in [0.1, 0.15) is 46.0 Å². The maximum absolute atomic E-state index is 11.0. The average molecular weight is 184 g/mol. The molecule has 0 spiro atoms. The summed E-state index contributed by atoms with van der Waals surface area (Å²) in [6, 6.07) is 0. The Morgan fingerprint density at radius 1 is 1.23 bits per heavy atom. The van der Waals surface area contributed by atoms with Crippen molar-refractivity contribution < 1.29 is 9.53 Å². The van der Waals surface area contributed by atoms with Gasteiger partial charge in [0.05, 0.1) is 6.61 Å². The van der Waals surface area contributed by atoms with E-state index in [1.165, 1.54) is 12.8 Å². The standard InChI is InChI=1S/C11H20O2/c1-4-6-7-10(3)8-9-11(12)13-5-2/h3-9H2,1-2H3. The predicted octanol–water partition coefficient (Wildman–Crippen LogP) is 3.08. The van der Waals surface area contributed by atoms with E-state index in [0.717, 1.165) is 18.4 Å². The van der Waals surface area contributed by atoms with Gasteiger partial charge in [-0.1, -0.05) is 25.5 Å². The topological polar surface area (TPSA) is 26.3 Å². The van der Waals surface area contributed by atoms with E-state index in [-0.39, 0.29) is 5.97 Å². The third-order valence-electron chi connectivity index (χ3n) is 1.87. The lowest BCUT2D eigenvalue weighted by Gasteiger charge is -2.04. The van der Waals surface area contributed by atoms with Gasteiger partial charge in [0.15, 0.2) is 0 Å². The molecule has 0 radical (unpaired) electrons. The van der Waals surface area contributed by atoms with Gasteiger partial charge >= 0.3 is 5.97 Å². The summed E-state index contributed by atoms with van der Waals surface area (Å²) in [5.41, 5.74) is 1.16. The van der Waals surface area contributed by atoms with Crippen molar-refractivity contribution in [3.05, 3.63) is 12.2 Å². The van der Waals surface area contributed by atoms with Gasteiger partial charge in [0, 0.05) is 6.42 Å². The molecular formula is C11H20O2. The summed E-state index contributed by atoms with van der Waals surface area (Å²) in [5.74, 6) is -0.111. The van der Waals surface area contributed by atoms with Gasteiger partial charge in [0.2, 0.25) is 0 Å². The Morgan fingerprint density at radius 2 is 1.92 bits per heavy atom. The highest BCUT2D eigenvalue weighted by atomic mass is 16.5. The van der Waals surface area contributed by atoms with Gasteiger partial charge in [-0.15, -0.1) is 0 Å². The smallest absolute Gasteiger partial charge is 0.306 e. The van der Waals surface area contributed by atoms with E-state index in [4.69, 9.17) is 4.74 Å². The fraction of sp³-hybridized carbons (Fsp3) is 0.727. The van der Waals surface area contributed by atoms with Gasteiger partial charge in [0.25, 0.3) is 0 Å². The van der Waals surface area contributed by atoms with Crippen molar-refractivity contribution in [2.75, 3.05) is 6.61 Å². The highest BCUT2D eigenvalue weighted by Crippen LogP contribution is 2.11. The van der Waals surface area contributed by atoms with Crippen LogP contribution in [0.3, 0.4) is 0 Å². The lowest BCUT2D eigenvalue weighted by atomic mass is 10.1. The molecule has 13 heavy (non-hydrogen) atoms. The molecule has 0 saturated heterocycles. The largest absolute Gasteiger partial charge is 0.466 e. The molecule has 0 N–H and O–H groups in total. The van der Waals surface area contributed by atoms with Crippen LogP contribution < -0.4 is 0 Å². The van der Waals surface area contributed by atoms with Crippen molar-refractivity contribution in [1.29, 1.82) is 0 Å². The SMILES string of the molecule is C=C(CCCC)CCC(=O)OCC. The van der Waals surface area contributed by atoms with E-state index in [9.17, 15) is 4.79 Å². The summed E-state index contributed by atoms with van der Waals surface area (Å²) in [7, 11) is 0. The van der Waals surface area contributed by atoms with Gasteiger partial charge in [-0.2, -0.15) is 0 Å². The van der Waals surface area contributed by atoms with Gasteiger partial charge in [-0.25, -0.2) is 0 Å². The molecule has 0 aliphatic carbocycles. The molecule has 0 aromatic rings. The Kier molecular flexibility index (Phi) is 7.36. The minimum absolute atomic E-state index is 0.111. The molecule has 0 aromatic heterocycles. The van der Waals surface area contributed by atoms with Crippen LogP contribution in [0.2, 0.25) is 0 Å². The molecule has 0 aromatic carbocycles. The Hall–Kier alpha value is -0.790. The summed E-state index contributed by atoms with van der Waals surface area (Å²) >= 11 is 0. The molecule has 0 rings (SSSR count). The number of carbonyl (C=O) groups is 1. The van der Waals surface area contributed by atoms with Crippen LogP contribution >= 0.6 is 0 Å². The normalized spacial score (nSPS) is 9.69. The minimum atomic E-state index is -0.111. The number of allylic oxidation sites excluding steroid dienone is 1. The van der Waals surface area contributed by atoms with E-state index in [1.807, 2.05) is 6.92 Å². The van der Waals surface area contributed by atoms with Crippen molar-refractivity contribution in [3.8, 4) is 0 Å². The van der Waals surface area contributed by atoms with Crippen LogP contribution in [0.25, 0.3) is 0 Å². The fourth-order valence-electron chi connectivity index (χ4n) is 1.06. The number of ether oxygens (including phenoxy) is 1. The summed E-state index contributed by atoms with van der Waals surface area (Å²) < 4.78 is 4.82.